The Labute approximate surface area is 174 Å². The van der Waals surface area contributed by atoms with Gasteiger partial charge in [-0.15, -0.1) is 0 Å². The van der Waals surface area contributed by atoms with Crippen LogP contribution in [0.25, 0.3) is 0 Å². The molecule has 2 atom stereocenters. The largest absolute Gasteiger partial charge is 0.465 e. The Balaban J connectivity index is 3.93. The lowest BCUT2D eigenvalue weighted by Crippen LogP contribution is -2.16. The number of rotatable bonds is 20. The Hall–Kier alpha value is -0.220. The number of nitrogens with two attached hydrogens (primary N) is 1. The molecular weight excluding hydrogens is 354 g/mol. The molecule has 0 aliphatic heterocycles. The molecule has 0 rings (SSSR count). The van der Waals surface area contributed by atoms with Gasteiger partial charge in [-0.3, -0.25) is 4.79 Å². The lowest BCUT2D eigenvalue weighted by molar-refractivity contribution is -0.144. The highest BCUT2D eigenvalue weighted by Crippen LogP contribution is 2.19. The van der Waals surface area contributed by atoms with E-state index in [1.807, 2.05) is 6.92 Å². The Morgan fingerprint density at radius 3 is 2.00 bits per heavy atom. The van der Waals surface area contributed by atoms with Crippen LogP contribution in [0.1, 0.15) is 111 Å². The number of carbonyl (C=O) groups is 1. The van der Waals surface area contributed by atoms with Gasteiger partial charge in [0.15, 0.2) is 0 Å². The second-order valence-corrected chi connectivity index (χ2v) is 9.31. The Morgan fingerprint density at radius 1 is 0.852 bits per heavy atom. The summed E-state index contributed by atoms with van der Waals surface area (Å²) in [4.78, 5) is 12.0. The zero-order valence-corrected chi connectivity index (χ0v) is 19.3. The van der Waals surface area contributed by atoms with Gasteiger partial charge in [0.25, 0.3) is 0 Å². The van der Waals surface area contributed by atoms with E-state index in [4.69, 9.17) is 10.5 Å². The molecule has 0 aromatic rings. The monoisotopic (exact) mass is 401 g/mol. The summed E-state index contributed by atoms with van der Waals surface area (Å²) < 4.78 is 5.61. The van der Waals surface area contributed by atoms with Crippen molar-refractivity contribution in [3.8, 4) is 0 Å². The van der Waals surface area contributed by atoms with Gasteiger partial charge >= 0.3 is 5.97 Å². The summed E-state index contributed by atoms with van der Waals surface area (Å²) in [6, 6.07) is 0.250. The summed E-state index contributed by atoms with van der Waals surface area (Å²) in [6.07, 6.45) is 17.2. The van der Waals surface area contributed by atoms with Crippen molar-refractivity contribution >= 4 is 17.7 Å². The zero-order valence-electron chi connectivity index (χ0n) is 18.5. The van der Waals surface area contributed by atoms with Gasteiger partial charge < -0.3 is 10.5 Å². The summed E-state index contributed by atoms with van der Waals surface area (Å²) in [5.41, 5.74) is 5.74. The second kappa shape index (κ2) is 20.5. The van der Waals surface area contributed by atoms with Crippen molar-refractivity contribution in [2.45, 2.75) is 117 Å². The first-order valence-corrected chi connectivity index (χ1v) is 12.7. The molecular formula is C23H47NO2S. The quantitative estimate of drug-likeness (QED) is 0.181. The number of carbonyl (C=O) groups excluding carboxylic acids is 1. The Kier molecular flexibility index (Phi) is 20.3. The predicted molar refractivity (Wildman–Crippen MR) is 121 cm³/mol. The van der Waals surface area contributed by atoms with Crippen molar-refractivity contribution < 1.29 is 9.53 Å². The number of hydrogen-bond acceptors (Lipinski definition) is 4. The second-order valence-electron chi connectivity index (χ2n) is 8.08. The molecule has 2 unspecified atom stereocenters. The first-order chi connectivity index (χ1) is 13.1. The van der Waals surface area contributed by atoms with Gasteiger partial charge in [0.2, 0.25) is 0 Å². The lowest BCUT2D eigenvalue weighted by atomic mass is 9.95. The van der Waals surface area contributed by atoms with Crippen LogP contribution in [0.3, 0.4) is 0 Å². The molecule has 0 fully saturated rings. The van der Waals surface area contributed by atoms with Gasteiger partial charge in [-0.25, -0.2) is 0 Å². The number of unbranched alkanes of at least 4 members (excludes halogenated alkanes) is 8. The molecule has 3 nitrogen and oxygen atoms in total. The van der Waals surface area contributed by atoms with E-state index < -0.39 is 0 Å². The van der Waals surface area contributed by atoms with Gasteiger partial charge in [0.05, 0.1) is 13.0 Å². The number of ether oxygens (including phenoxy) is 1. The highest BCUT2D eigenvalue weighted by molar-refractivity contribution is 7.99. The summed E-state index contributed by atoms with van der Waals surface area (Å²) >= 11 is 1.81. The van der Waals surface area contributed by atoms with Crippen molar-refractivity contribution in [3.63, 3.8) is 0 Å². The van der Waals surface area contributed by atoms with Gasteiger partial charge in [-0.05, 0) is 37.9 Å². The van der Waals surface area contributed by atoms with Crippen LogP contribution < -0.4 is 5.73 Å². The SMILES string of the molecule is CCCCCCCCC(CCCCCC)COC(=O)CCSCCC(C)N. The normalized spacial score (nSPS) is 13.5. The first kappa shape index (κ1) is 26.8. The van der Waals surface area contributed by atoms with Crippen LogP contribution in [0, 0.1) is 5.92 Å². The summed E-state index contributed by atoms with van der Waals surface area (Å²) in [6.45, 7) is 7.17. The third-order valence-electron chi connectivity index (χ3n) is 5.08. The zero-order chi connectivity index (χ0) is 20.2. The van der Waals surface area contributed by atoms with E-state index in [1.54, 1.807) is 11.8 Å². The smallest absolute Gasteiger partial charge is 0.306 e. The lowest BCUT2D eigenvalue weighted by Gasteiger charge is -2.17. The molecule has 0 aromatic heterocycles. The van der Waals surface area contributed by atoms with E-state index in [0.29, 0.717) is 18.9 Å². The van der Waals surface area contributed by atoms with Crippen molar-refractivity contribution in [1.82, 2.24) is 0 Å². The maximum atomic E-state index is 12.0. The average Bonchev–Trinajstić information content (AvgIpc) is 2.64. The molecule has 0 aliphatic rings. The van der Waals surface area contributed by atoms with Gasteiger partial charge in [-0.1, -0.05) is 78.1 Å². The molecule has 2 N–H and O–H groups in total. The molecule has 4 heteroatoms. The van der Waals surface area contributed by atoms with Crippen molar-refractivity contribution in [1.29, 1.82) is 0 Å². The number of esters is 1. The van der Waals surface area contributed by atoms with Crippen LogP contribution in [0.4, 0.5) is 0 Å². The number of thioether (sulfide) groups is 1. The summed E-state index contributed by atoms with van der Waals surface area (Å²) in [7, 11) is 0. The maximum Gasteiger partial charge on any atom is 0.306 e. The van der Waals surface area contributed by atoms with Crippen LogP contribution in [-0.2, 0) is 9.53 Å². The van der Waals surface area contributed by atoms with Crippen molar-refractivity contribution in [2.24, 2.45) is 11.7 Å². The van der Waals surface area contributed by atoms with Crippen LogP contribution in [0.15, 0.2) is 0 Å². The Bertz CT molecular complexity index is 324. The van der Waals surface area contributed by atoms with Gasteiger partial charge in [0, 0.05) is 11.8 Å². The molecule has 0 aromatic carbocycles. The minimum Gasteiger partial charge on any atom is -0.465 e. The fraction of sp³-hybridized carbons (Fsp3) is 0.957. The molecule has 27 heavy (non-hydrogen) atoms. The fourth-order valence-corrected chi connectivity index (χ4v) is 4.25. The fourth-order valence-electron chi connectivity index (χ4n) is 3.19. The topological polar surface area (TPSA) is 52.3 Å². The van der Waals surface area contributed by atoms with Crippen LogP contribution in [-0.4, -0.2) is 30.1 Å². The predicted octanol–water partition coefficient (Wildman–Crippen LogP) is 6.73. The van der Waals surface area contributed by atoms with E-state index in [2.05, 4.69) is 13.8 Å². The van der Waals surface area contributed by atoms with E-state index in [-0.39, 0.29) is 12.0 Å². The van der Waals surface area contributed by atoms with E-state index in [0.717, 1.165) is 17.9 Å². The molecule has 0 radical (unpaired) electrons. The maximum absolute atomic E-state index is 12.0. The van der Waals surface area contributed by atoms with Crippen LogP contribution >= 0.6 is 11.8 Å². The van der Waals surface area contributed by atoms with Gasteiger partial charge in [0.1, 0.15) is 0 Å². The van der Waals surface area contributed by atoms with E-state index >= 15 is 0 Å². The third-order valence-corrected chi connectivity index (χ3v) is 6.10. The molecule has 0 saturated carbocycles. The molecule has 0 bridgehead atoms. The summed E-state index contributed by atoms with van der Waals surface area (Å²) in [5.74, 6) is 2.42. The third kappa shape index (κ3) is 20.3. The van der Waals surface area contributed by atoms with E-state index in [9.17, 15) is 4.79 Å². The molecule has 0 spiro atoms. The molecule has 0 aliphatic carbocycles. The minimum absolute atomic E-state index is 0.0233. The standard InChI is InChI=1S/C23H47NO2S/c1-4-6-8-10-11-13-15-22(14-12-9-7-5-2)20-26-23(25)17-19-27-18-16-21(3)24/h21-22H,4-20,24H2,1-3H3. The van der Waals surface area contributed by atoms with E-state index in [1.165, 1.54) is 77.0 Å². The summed E-state index contributed by atoms with van der Waals surface area (Å²) in [5, 5.41) is 0. The van der Waals surface area contributed by atoms with Crippen LogP contribution in [0.5, 0.6) is 0 Å². The highest BCUT2D eigenvalue weighted by Gasteiger charge is 2.12. The molecule has 0 heterocycles. The van der Waals surface area contributed by atoms with Gasteiger partial charge in [-0.2, -0.15) is 11.8 Å². The number of hydrogen-bond donors (Lipinski definition) is 1. The Morgan fingerprint density at radius 2 is 1.41 bits per heavy atom. The molecule has 0 amide bonds. The molecule has 0 saturated heterocycles. The van der Waals surface area contributed by atoms with Crippen molar-refractivity contribution in [2.75, 3.05) is 18.1 Å². The minimum atomic E-state index is -0.0233. The molecule has 162 valence electrons. The van der Waals surface area contributed by atoms with Crippen LogP contribution in [0.2, 0.25) is 0 Å². The average molecular weight is 402 g/mol. The highest BCUT2D eigenvalue weighted by atomic mass is 32.2. The first-order valence-electron chi connectivity index (χ1n) is 11.6. The van der Waals surface area contributed by atoms with Crippen molar-refractivity contribution in [3.05, 3.63) is 0 Å².